The number of rotatable bonds is 4. The summed E-state index contributed by atoms with van der Waals surface area (Å²) in [6.45, 7) is 2.37. The number of nitrogens with one attached hydrogen (secondary N) is 1. The summed E-state index contributed by atoms with van der Waals surface area (Å²) in [7, 11) is -3.37. The summed E-state index contributed by atoms with van der Waals surface area (Å²) < 4.78 is 29.6. The highest BCUT2D eigenvalue weighted by molar-refractivity contribution is 7.87. The number of piperazine rings is 1. The predicted octanol–water partition coefficient (Wildman–Crippen LogP) is 2.13. The number of anilines is 1. The Hall–Kier alpha value is -1.70. The van der Waals surface area contributed by atoms with Gasteiger partial charge in [0, 0.05) is 49.2 Å². The molecule has 0 bridgehead atoms. The normalized spacial score (nSPS) is 20.4. The Kier molecular flexibility index (Phi) is 4.62. The van der Waals surface area contributed by atoms with E-state index in [1.807, 2.05) is 24.5 Å². The molecule has 1 aromatic heterocycles. The summed E-state index contributed by atoms with van der Waals surface area (Å²) in [4.78, 5) is 6.57. The minimum absolute atomic E-state index is 0.116. The van der Waals surface area contributed by atoms with Crippen molar-refractivity contribution in [3.8, 4) is 0 Å². The van der Waals surface area contributed by atoms with Crippen LogP contribution in [0.4, 0.5) is 5.69 Å². The molecular formula is C18H24N4O2S. The monoisotopic (exact) mass is 360 g/mol. The van der Waals surface area contributed by atoms with Gasteiger partial charge >= 0.3 is 0 Å². The van der Waals surface area contributed by atoms with Gasteiger partial charge in [-0.2, -0.15) is 17.4 Å². The maximum absolute atomic E-state index is 12.6. The van der Waals surface area contributed by atoms with E-state index < -0.39 is 10.2 Å². The topological polar surface area (TPSA) is 65.5 Å². The largest absolute Gasteiger partial charge is 0.367 e. The minimum Gasteiger partial charge on any atom is -0.367 e. The highest BCUT2D eigenvalue weighted by Crippen LogP contribution is 2.27. The summed E-state index contributed by atoms with van der Waals surface area (Å²) in [6, 6.07) is 8.30. The Balaban J connectivity index is 1.46. The highest BCUT2D eigenvalue weighted by Gasteiger charge is 2.30. The van der Waals surface area contributed by atoms with Crippen LogP contribution in [0.3, 0.4) is 0 Å². The molecular weight excluding hydrogens is 336 g/mol. The van der Waals surface area contributed by atoms with Gasteiger partial charge in [0.05, 0.1) is 11.9 Å². The Morgan fingerprint density at radius 2 is 1.72 bits per heavy atom. The molecule has 2 heterocycles. The first-order chi connectivity index (χ1) is 12.1. The predicted molar refractivity (Wildman–Crippen MR) is 99.8 cm³/mol. The van der Waals surface area contributed by atoms with E-state index in [2.05, 4.69) is 26.7 Å². The molecule has 1 aromatic carbocycles. The lowest BCUT2D eigenvalue weighted by molar-refractivity contribution is 0.373. The van der Waals surface area contributed by atoms with Crippen LogP contribution in [0.2, 0.25) is 0 Å². The standard InChI is InChI=1S/C18H24N4O2S/c23-25(24,20-16-6-2-3-7-16)22-11-9-21(10-12-22)18-14-19-13-15-5-1-4-8-17(15)18/h1,4-5,8,13-14,16,20H,2-3,6-7,9-12H2. The molecule has 2 aromatic rings. The number of hydrogen-bond acceptors (Lipinski definition) is 4. The van der Waals surface area contributed by atoms with Crippen LogP contribution in [-0.2, 0) is 10.2 Å². The molecule has 2 aliphatic rings. The van der Waals surface area contributed by atoms with E-state index in [4.69, 9.17) is 0 Å². The van der Waals surface area contributed by atoms with Gasteiger partial charge in [-0.05, 0) is 12.8 Å². The van der Waals surface area contributed by atoms with Gasteiger partial charge in [0.1, 0.15) is 0 Å². The zero-order valence-electron chi connectivity index (χ0n) is 14.3. The molecule has 1 aliphatic heterocycles. The average molecular weight is 360 g/mol. The molecule has 134 valence electrons. The summed E-state index contributed by atoms with van der Waals surface area (Å²) in [5.74, 6) is 0. The van der Waals surface area contributed by atoms with Crippen LogP contribution in [0.25, 0.3) is 10.8 Å². The van der Waals surface area contributed by atoms with Crippen molar-refractivity contribution in [1.82, 2.24) is 14.0 Å². The average Bonchev–Trinajstić information content (AvgIpc) is 3.14. The van der Waals surface area contributed by atoms with Crippen LogP contribution in [0.1, 0.15) is 25.7 Å². The van der Waals surface area contributed by atoms with E-state index in [9.17, 15) is 8.42 Å². The SMILES string of the molecule is O=S(=O)(NC1CCCC1)N1CCN(c2cncc3ccccc23)CC1. The van der Waals surface area contributed by atoms with Crippen molar-refractivity contribution in [2.45, 2.75) is 31.7 Å². The van der Waals surface area contributed by atoms with Crippen molar-refractivity contribution in [2.75, 3.05) is 31.1 Å². The molecule has 7 heteroatoms. The zero-order valence-corrected chi connectivity index (χ0v) is 15.1. The molecule has 0 radical (unpaired) electrons. The summed E-state index contributed by atoms with van der Waals surface area (Å²) in [5, 5.41) is 2.27. The number of benzene rings is 1. The molecule has 1 saturated heterocycles. The van der Waals surface area contributed by atoms with Gasteiger partial charge in [-0.25, -0.2) is 0 Å². The smallest absolute Gasteiger partial charge is 0.279 e. The molecule has 1 N–H and O–H groups in total. The maximum Gasteiger partial charge on any atom is 0.279 e. The number of hydrogen-bond donors (Lipinski definition) is 1. The molecule has 1 saturated carbocycles. The van der Waals surface area contributed by atoms with E-state index in [1.54, 1.807) is 4.31 Å². The Morgan fingerprint density at radius 3 is 2.48 bits per heavy atom. The fourth-order valence-corrected chi connectivity index (χ4v) is 5.30. The first kappa shape index (κ1) is 16.8. The molecule has 0 unspecified atom stereocenters. The number of fused-ring (bicyclic) bond motifs is 1. The molecule has 0 atom stereocenters. The second kappa shape index (κ2) is 6.90. The molecule has 1 aliphatic carbocycles. The van der Waals surface area contributed by atoms with Gasteiger partial charge in [-0.1, -0.05) is 37.1 Å². The van der Waals surface area contributed by atoms with E-state index >= 15 is 0 Å². The van der Waals surface area contributed by atoms with E-state index in [0.717, 1.165) is 42.1 Å². The fraction of sp³-hybridized carbons (Fsp3) is 0.500. The first-order valence-electron chi connectivity index (χ1n) is 8.98. The first-order valence-corrected chi connectivity index (χ1v) is 10.4. The molecule has 6 nitrogen and oxygen atoms in total. The molecule has 0 spiro atoms. The van der Waals surface area contributed by atoms with Crippen molar-refractivity contribution < 1.29 is 8.42 Å². The third-order valence-electron chi connectivity index (χ3n) is 5.24. The second-order valence-electron chi connectivity index (χ2n) is 6.87. The Morgan fingerprint density at radius 1 is 1.00 bits per heavy atom. The molecule has 2 fully saturated rings. The van der Waals surface area contributed by atoms with Gasteiger partial charge in [-0.15, -0.1) is 0 Å². The van der Waals surface area contributed by atoms with E-state index in [-0.39, 0.29) is 6.04 Å². The number of pyridine rings is 1. The van der Waals surface area contributed by atoms with Crippen LogP contribution >= 0.6 is 0 Å². The quantitative estimate of drug-likeness (QED) is 0.907. The van der Waals surface area contributed by atoms with Crippen molar-refractivity contribution in [3.05, 3.63) is 36.7 Å². The second-order valence-corrected chi connectivity index (χ2v) is 8.57. The van der Waals surface area contributed by atoms with Gasteiger partial charge in [0.15, 0.2) is 0 Å². The third kappa shape index (κ3) is 3.49. The fourth-order valence-electron chi connectivity index (χ4n) is 3.85. The van der Waals surface area contributed by atoms with E-state index in [1.165, 1.54) is 0 Å². The number of aromatic nitrogens is 1. The molecule has 0 amide bonds. The van der Waals surface area contributed by atoms with Crippen LogP contribution in [-0.4, -0.2) is 49.9 Å². The van der Waals surface area contributed by atoms with Gasteiger partial charge in [0.2, 0.25) is 0 Å². The highest BCUT2D eigenvalue weighted by atomic mass is 32.2. The third-order valence-corrected chi connectivity index (χ3v) is 6.91. The van der Waals surface area contributed by atoms with Gasteiger partial charge < -0.3 is 4.90 Å². The van der Waals surface area contributed by atoms with Crippen molar-refractivity contribution in [3.63, 3.8) is 0 Å². The zero-order chi connectivity index (χ0) is 17.3. The van der Waals surface area contributed by atoms with Gasteiger partial charge in [0.25, 0.3) is 10.2 Å². The van der Waals surface area contributed by atoms with Crippen LogP contribution in [0.15, 0.2) is 36.7 Å². The van der Waals surface area contributed by atoms with Gasteiger partial charge in [-0.3, -0.25) is 4.98 Å². The van der Waals surface area contributed by atoms with Crippen LogP contribution in [0.5, 0.6) is 0 Å². The maximum atomic E-state index is 12.6. The number of nitrogens with zero attached hydrogens (tertiary/aromatic N) is 3. The summed E-state index contributed by atoms with van der Waals surface area (Å²) in [6.07, 6.45) is 7.90. The van der Waals surface area contributed by atoms with Crippen molar-refractivity contribution in [2.24, 2.45) is 0 Å². The summed E-state index contributed by atoms with van der Waals surface area (Å²) in [5.41, 5.74) is 1.08. The van der Waals surface area contributed by atoms with Crippen LogP contribution in [0, 0.1) is 0 Å². The Labute approximate surface area is 149 Å². The summed E-state index contributed by atoms with van der Waals surface area (Å²) >= 11 is 0. The Bertz CT molecular complexity index is 836. The molecule has 25 heavy (non-hydrogen) atoms. The van der Waals surface area contributed by atoms with Crippen molar-refractivity contribution >= 4 is 26.7 Å². The van der Waals surface area contributed by atoms with E-state index in [0.29, 0.717) is 26.2 Å². The lowest BCUT2D eigenvalue weighted by atomic mass is 10.1. The lowest BCUT2D eigenvalue weighted by Gasteiger charge is -2.36. The molecule has 4 rings (SSSR count). The lowest BCUT2D eigenvalue weighted by Crippen LogP contribution is -2.53. The van der Waals surface area contributed by atoms with Crippen LogP contribution < -0.4 is 9.62 Å². The minimum atomic E-state index is -3.37. The van der Waals surface area contributed by atoms with Crippen molar-refractivity contribution in [1.29, 1.82) is 0 Å².